The van der Waals surface area contributed by atoms with Crippen LogP contribution in [0.2, 0.25) is 0 Å². The Bertz CT molecular complexity index is 768. The van der Waals surface area contributed by atoms with Gasteiger partial charge < -0.3 is 9.47 Å². The van der Waals surface area contributed by atoms with E-state index >= 15 is 0 Å². The van der Waals surface area contributed by atoms with Crippen LogP contribution in [0.5, 0.6) is 0 Å². The first-order valence-corrected chi connectivity index (χ1v) is 8.95. The van der Waals surface area contributed by atoms with Crippen molar-refractivity contribution in [2.24, 2.45) is 5.10 Å². The third kappa shape index (κ3) is 3.76. The highest BCUT2D eigenvalue weighted by Crippen LogP contribution is 2.20. The molecule has 1 saturated heterocycles. The molecule has 0 atom stereocenters. The van der Waals surface area contributed by atoms with Gasteiger partial charge in [-0.1, -0.05) is 0 Å². The monoisotopic (exact) mass is 338 g/mol. The smallest absolute Gasteiger partial charge is 0.271 e. The Balaban J connectivity index is 1.62. The summed E-state index contributed by atoms with van der Waals surface area (Å²) in [5.41, 5.74) is 7.82. The van der Waals surface area contributed by atoms with Crippen molar-refractivity contribution in [1.29, 1.82) is 0 Å². The molecule has 5 nitrogen and oxygen atoms in total. The molecule has 2 heterocycles. The minimum atomic E-state index is -0.187. The van der Waals surface area contributed by atoms with Gasteiger partial charge in [-0.05, 0) is 63.9 Å². The molecule has 0 radical (unpaired) electrons. The number of amides is 1. The van der Waals surface area contributed by atoms with Crippen LogP contribution >= 0.6 is 0 Å². The second-order valence-corrected chi connectivity index (χ2v) is 6.51. The maximum Gasteiger partial charge on any atom is 0.271 e. The molecule has 1 aliphatic rings. The van der Waals surface area contributed by atoms with Gasteiger partial charge in [0.25, 0.3) is 5.91 Å². The molecule has 1 amide bonds. The number of anilines is 1. The Kier molecular flexibility index (Phi) is 5.22. The Labute approximate surface area is 149 Å². The van der Waals surface area contributed by atoms with Gasteiger partial charge in [-0.3, -0.25) is 4.79 Å². The van der Waals surface area contributed by atoms with Crippen molar-refractivity contribution in [3.8, 4) is 0 Å². The third-order valence-corrected chi connectivity index (χ3v) is 4.90. The van der Waals surface area contributed by atoms with E-state index in [2.05, 4.69) is 46.8 Å². The minimum Gasteiger partial charge on any atom is -0.372 e. The Hall–Kier alpha value is -2.56. The minimum absolute atomic E-state index is 0.187. The van der Waals surface area contributed by atoms with Crippen molar-refractivity contribution in [1.82, 2.24) is 9.99 Å². The van der Waals surface area contributed by atoms with Gasteiger partial charge in [0, 0.05) is 47.8 Å². The average molecular weight is 338 g/mol. The molecule has 1 aliphatic heterocycles. The molecule has 25 heavy (non-hydrogen) atoms. The van der Waals surface area contributed by atoms with E-state index in [4.69, 9.17) is 0 Å². The number of aryl methyl sites for hydroxylation is 1. The maximum atomic E-state index is 12.2. The number of hydrogen-bond donors (Lipinski definition) is 1. The summed E-state index contributed by atoms with van der Waals surface area (Å²) in [6.07, 6.45) is 4.20. The van der Waals surface area contributed by atoms with E-state index < -0.39 is 0 Å². The van der Waals surface area contributed by atoms with Crippen molar-refractivity contribution in [2.75, 3.05) is 18.0 Å². The summed E-state index contributed by atoms with van der Waals surface area (Å²) < 4.78 is 2.22. The Morgan fingerprint density at radius 2 is 1.88 bits per heavy atom. The predicted octanol–water partition coefficient (Wildman–Crippen LogP) is 3.49. The molecule has 0 saturated carbocycles. The summed E-state index contributed by atoms with van der Waals surface area (Å²) in [6.45, 7) is 9.40. The third-order valence-electron chi connectivity index (χ3n) is 4.90. The number of carbonyl (C=O) groups is 1. The van der Waals surface area contributed by atoms with Crippen molar-refractivity contribution >= 4 is 17.8 Å². The standard InChI is InChI=1S/C20H26N4O/c1-4-24-15(2)13-18(16(24)3)14-21-22-20(25)17-7-9-19(10-8-17)23-11-5-6-12-23/h7-10,13-14H,4-6,11-12H2,1-3H3,(H,22,25)/b21-14-. The molecule has 2 aromatic rings. The van der Waals surface area contributed by atoms with Gasteiger partial charge in [0.2, 0.25) is 0 Å². The van der Waals surface area contributed by atoms with Crippen LogP contribution in [0, 0.1) is 13.8 Å². The van der Waals surface area contributed by atoms with Gasteiger partial charge in [-0.2, -0.15) is 5.10 Å². The zero-order chi connectivity index (χ0) is 17.8. The fourth-order valence-corrected chi connectivity index (χ4v) is 3.47. The lowest BCUT2D eigenvalue weighted by Gasteiger charge is -2.17. The molecule has 132 valence electrons. The number of hydrazone groups is 1. The van der Waals surface area contributed by atoms with Gasteiger partial charge in [0.1, 0.15) is 0 Å². The van der Waals surface area contributed by atoms with Crippen molar-refractivity contribution in [3.63, 3.8) is 0 Å². The number of carbonyl (C=O) groups excluding carboxylic acids is 1. The van der Waals surface area contributed by atoms with E-state index in [-0.39, 0.29) is 5.91 Å². The highest BCUT2D eigenvalue weighted by atomic mass is 16.2. The van der Waals surface area contributed by atoms with Crippen molar-refractivity contribution in [3.05, 3.63) is 52.8 Å². The van der Waals surface area contributed by atoms with Crippen molar-refractivity contribution in [2.45, 2.75) is 40.2 Å². The van der Waals surface area contributed by atoms with E-state index in [0.717, 1.165) is 30.9 Å². The second kappa shape index (κ2) is 7.55. The highest BCUT2D eigenvalue weighted by molar-refractivity contribution is 5.95. The summed E-state index contributed by atoms with van der Waals surface area (Å²) in [7, 11) is 0. The van der Waals surface area contributed by atoms with Crippen LogP contribution in [0.3, 0.4) is 0 Å². The lowest BCUT2D eigenvalue weighted by Crippen LogP contribution is -2.19. The highest BCUT2D eigenvalue weighted by Gasteiger charge is 2.13. The quantitative estimate of drug-likeness (QED) is 0.670. The zero-order valence-corrected chi connectivity index (χ0v) is 15.2. The molecular formula is C20H26N4O. The van der Waals surface area contributed by atoms with Crippen LogP contribution in [-0.2, 0) is 6.54 Å². The Morgan fingerprint density at radius 3 is 2.48 bits per heavy atom. The van der Waals surface area contributed by atoms with Gasteiger partial charge >= 0.3 is 0 Å². The molecule has 0 spiro atoms. The number of nitrogens with one attached hydrogen (secondary N) is 1. The van der Waals surface area contributed by atoms with Gasteiger partial charge in [0.05, 0.1) is 6.21 Å². The predicted molar refractivity (Wildman–Crippen MR) is 103 cm³/mol. The van der Waals surface area contributed by atoms with Crippen LogP contribution in [0.1, 0.15) is 47.1 Å². The largest absolute Gasteiger partial charge is 0.372 e. The van der Waals surface area contributed by atoms with Crippen LogP contribution in [-0.4, -0.2) is 29.8 Å². The fourth-order valence-electron chi connectivity index (χ4n) is 3.47. The maximum absolute atomic E-state index is 12.2. The molecule has 1 aromatic carbocycles. The molecular weight excluding hydrogens is 312 g/mol. The van der Waals surface area contributed by atoms with Crippen LogP contribution in [0.25, 0.3) is 0 Å². The molecule has 0 unspecified atom stereocenters. The first-order chi connectivity index (χ1) is 12.1. The zero-order valence-electron chi connectivity index (χ0n) is 15.2. The first kappa shape index (κ1) is 17.3. The van der Waals surface area contributed by atoms with E-state index in [1.807, 2.05) is 24.3 Å². The van der Waals surface area contributed by atoms with Crippen LogP contribution < -0.4 is 10.3 Å². The number of aromatic nitrogens is 1. The lowest BCUT2D eigenvalue weighted by molar-refractivity contribution is 0.0955. The summed E-state index contributed by atoms with van der Waals surface area (Å²) in [4.78, 5) is 14.6. The van der Waals surface area contributed by atoms with Crippen LogP contribution in [0.15, 0.2) is 35.4 Å². The van der Waals surface area contributed by atoms with E-state index in [1.165, 1.54) is 24.2 Å². The summed E-state index contributed by atoms with van der Waals surface area (Å²) in [6, 6.07) is 9.83. The number of rotatable bonds is 5. The number of nitrogens with zero attached hydrogens (tertiary/aromatic N) is 3. The van der Waals surface area contributed by atoms with Crippen LogP contribution in [0.4, 0.5) is 5.69 Å². The van der Waals surface area contributed by atoms with Gasteiger partial charge in [-0.25, -0.2) is 5.43 Å². The summed E-state index contributed by atoms with van der Waals surface area (Å²) >= 11 is 0. The summed E-state index contributed by atoms with van der Waals surface area (Å²) in [5, 5.41) is 4.12. The normalized spacial score (nSPS) is 14.4. The number of benzene rings is 1. The lowest BCUT2D eigenvalue weighted by atomic mass is 10.2. The first-order valence-electron chi connectivity index (χ1n) is 8.95. The van der Waals surface area contributed by atoms with Gasteiger partial charge in [0.15, 0.2) is 0 Å². The molecule has 5 heteroatoms. The molecule has 0 aliphatic carbocycles. The topological polar surface area (TPSA) is 49.6 Å². The molecule has 0 bridgehead atoms. The number of hydrogen-bond acceptors (Lipinski definition) is 3. The Morgan fingerprint density at radius 1 is 1.20 bits per heavy atom. The molecule has 3 rings (SSSR count). The molecule has 1 aromatic heterocycles. The van der Waals surface area contributed by atoms with Crippen molar-refractivity contribution < 1.29 is 4.79 Å². The average Bonchev–Trinajstić information content (AvgIpc) is 3.24. The molecule has 1 N–H and O–H groups in total. The second-order valence-electron chi connectivity index (χ2n) is 6.51. The SMILES string of the molecule is CCn1c(C)cc(/C=N\NC(=O)c2ccc(N3CCCC3)cc2)c1C. The fraction of sp³-hybridized carbons (Fsp3) is 0.400. The van der Waals surface area contributed by atoms with Gasteiger partial charge in [-0.15, -0.1) is 0 Å². The van der Waals surface area contributed by atoms with E-state index in [1.54, 1.807) is 6.21 Å². The van der Waals surface area contributed by atoms with E-state index in [9.17, 15) is 4.79 Å². The van der Waals surface area contributed by atoms with E-state index in [0.29, 0.717) is 5.56 Å². The molecule has 1 fully saturated rings. The summed E-state index contributed by atoms with van der Waals surface area (Å²) in [5.74, 6) is -0.187.